The van der Waals surface area contributed by atoms with E-state index in [1.165, 1.54) is 4.90 Å². The van der Waals surface area contributed by atoms with Crippen LogP contribution in [0.5, 0.6) is 0 Å². The van der Waals surface area contributed by atoms with Crippen LogP contribution in [-0.4, -0.2) is 35.0 Å². The van der Waals surface area contributed by atoms with E-state index < -0.39 is 12.0 Å². The Balaban J connectivity index is 2.45. The molecule has 1 aliphatic rings. The van der Waals surface area contributed by atoms with E-state index in [0.29, 0.717) is 12.0 Å². The van der Waals surface area contributed by atoms with E-state index in [9.17, 15) is 9.59 Å². The molecule has 4 heteroatoms. The van der Waals surface area contributed by atoms with Gasteiger partial charge in [-0.05, 0) is 23.6 Å². The summed E-state index contributed by atoms with van der Waals surface area (Å²) in [5, 5.41) is 9.06. The Labute approximate surface area is 99.9 Å². The first kappa shape index (κ1) is 11.6. The number of carboxylic acid groups (broad SMARTS) is 1. The number of nitrogens with zero attached hydrogens (tertiary/aromatic N) is 1. The minimum Gasteiger partial charge on any atom is -0.480 e. The fraction of sp³-hybridized carbons (Fsp3) is 0.385. The molecule has 0 spiro atoms. The molecule has 0 bridgehead atoms. The number of benzene rings is 1. The van der Waals surface area contributed by atoms with E-state index in [4.69, 9.17) is 5.11 Å². The molecule has 0 aromatic heterocycles. The van der Waals surface area contributed by atoms with Gasteiger partial charge in [0.05, 0.1) is 0 Å². The summed E-state index contributed by atoms with van der Waals surface area (Å²) >= 11 is 0. The highest BCUT2D eigenvalue weighted by Crippen LogP contribution is 2.23. The van der Waals surface area contributed by atoms with Gasteiger partial charge in [0.25, 0.3) is 5.91 Å². The van der Waals surface area contributed by atoms with Crippen molar-refractivity contribution in [2.45, 2.75) is 25.8 Å². The standard InChI is InChI=1S/C13H15NO3/c1-3-8-4-5-9-7-11(13(16)17)14(2)12(15)10(9)6-8/h4-6,11H,3,7H2,1-2H3,(H,16,17). The largest absolute Gasteiger partial charge is 0.480 e. The third kappa shape index (κ3) is 1.90. The average Bonchev–Trinajstić information content (AvgIpc) is 2.33. The minimum absolute atomic E-state index is 0.200. The van der Waals surface area contributed by atoms with Crippen molar-refractivity contribution in [1.82, 2.24) is 4.90 Å². The molecule has 0 radical (unpaired) electrons. The van der Waals surface area contributed by atoms with Gasteiger partial charge in [0.1, 0.15) is 6.04 Å². The van der Waals surface area contributed by atoms with Gasteiger partial charge in [0.2, 0.25) is 0 Å². The number of likely N-dealkylation sites (N-methyl/N-ethyl adjacent to an activating group) is 1. The molecule has 1 aliphatic heterocycles. The Morgan fingerprint density at radius 1 is 1.53 bits per heavy atom. The van der Waals surface area contributed by atoms with Crippen LogP contribution < -0.4 is 0 Å². The van der Waals surface area contributed by atoms with E-state index in [2.05, 4.69) is 0 Å². The van der Waals surface area contributed by atoms with Gasteiger partial charge in [-0.2, -0.15) is 0 Å². The average molecular weight is 233 g/mol. The smallest absolute Gasteiger partial charge is 0.326 e. The topological polar surface area (TPSA) is 57.6 Å². The predicted molar refractivity (Wildman–Crippen MR) is 63.0 cm³/mol. The fourth-order valence-corrected chi connectivity index (χ4v) is 2.15. The summed E-state index contributed by atoms with van der Waals surface area (Å²) in [7, 11) is 1.54. The number of hydrogen-bond acceptors (Lipinski definition) is 2. The van der Waals surface area contributed by atoms with Crippen LogP contribution in [0.3, 0.4) is 0 Å². The van der Waals surface area contributed by atoms with Crippen LogP contribution in [0.25, 0.3) is 0 Å². The maximum atomic E-state index is 12.1. The molecular formula is C13H15NO3. The van der Waals surface area contributed by atoms with Crippen LogP contribution in [0.4, 0.5) is 0 Å². The van der Waals surface area contributed by atoms with Gasteiger partial charge in [-0.1, -0.05) is 19.1 Å². The Morgan fingerprint density at radius 3 is 2.82 bits per heavy atom. The third-order valence-electron chi connectivity index (χ3n) is 3.30. The zero-order valence-corrected chi connectivity index (χ0v) is 9.93. The van der Waals surface area contributed by atoms with Crippen LogP contribution >= 0.6 is 0 Å². The number of fused-ring (bicyclic) bond motifs is 1. The van der Waals surface area contributed by atoms with Gasteiger partial charge in [0, 0.05) is 19.0 Å². The quantitative estimate of drug-likeness (QED) is 0.838. The molecule has 4 nitrogen and oxygen atoms in total. The number of hydrogen-bond donors (Lipinski definition) is 1. The lowest BCUT2D eigenvalue weighted by molar-refractivity contribution is -0.142. The normalized spacial score (nSPS) is 19.1. The van der Waals surface area contributed by atoms with Crippen LogP contribution in [0.2, 0.25) is 0 Å². The van der Waals surface area contributed by atoms with Gasteiger partial charge < -0.3 is 10.0 Å². The van der Waals surface area contributed by atoms with E-state index in [0.717, 1.165) is 17.5 Å². The Bertz CT molecular complexity index is 482. The van der Waals surface area contributed by atoms with E-state index in [-0.39, 0.29) is 5.91 Å². The molecule has 0 saturated heterocycles. The summed E-state index contributed by atoms with van der Waals surface area (Å²) in [4.78, 5) is 24.4. The lowest BCUT2D eigenvalue weighted by Gasteiger charge is -2.31. The highest BCUT2D eigenvalue weighted by atomic mass is 16.4. The Morgan fingerprint density at radius 2 is 2.24 bits per heavy atom. The summed E-state index contributed by atoms with van der Waals surface area (Å²) in [5.41, 5.74) is 2.57. The van der Waals surface area contributed by atoms with Crippen molar-refractivity contribution in [3.05, 3.63) is 34.9 Å². The zero-order chi connectivity index (χ0) is 12.6. The number of carboxylic acids is 1. The predicted octanol–water partition coefficient (Wildman–Crippen LogP) is 1.33. The van der Waals surface area contributed by atoms with E-state index in [1.54, 1.807) is 7.05 Å². The second kappa shape index (κ2) is 4.20. The first-order valence-electron chi connectivity index (χ1n) is 5.66. The van der Waals surface area contributed by atoms with Crippen LogP contribution in [0, 0.1) is 0 Å². The Kier molecular flexibility index (Phi) is 2.88. The van der Waals surface area contributed by atoms with Gasteiger partial charge in [-0.15, -0.1) is 0 Å². The van der Waals surface area contributed by atoms with Crippen LogP contribution in [0.1, 0.15) is 28.4 Å². The molecular weight excluding hydrogens is 218 g/mol. The molecule has 1 aromatic carbocycles. The third-order valence-corrected chi connectivity index (χ3v) is 3.30. The summed E-state index contributed by atoms with van der Waals surface area (Å²) in [5.74, 6) is -1.15. The number of rotatable bonds is 2. The second-order valence-electron chi connectivity index (χ2n) is 4.32. The van der Waals surface area contributed by atoms with Crippen molar-refractivity contribution in [1.29, 1.82) is 0 Å². The van der Waals surface area contributed by atoms with Gasteiger partial charge in [0.15, 0.2) is 0 Å². The molecule has 0 saturated carbocycles. The van der Waals surface area contributed by atoms with Crippen molar-refractivity contribution in [2.75, 3.05) is 7.05 Å². The molecule has 90 valence electrons. The second-order valence-corrected chi connectivity index (χ2v) is 4.32. The summed E-state index contributed by atoms with van der Waals surface area (Å²) < 4.78 is 0. The summed E-state index contributed by atoms with van der Waals surface area (Å²) in [6.45, 7) is 2.03. The van der Waals surface area contributed by atoms with Gasteiger partial charge in [-0.3, -0.25) is 4.79 Å². The van der Waals surface area contributed by atoms with Crippen molar-refractivity contribution >= 4 is 11.9 Å². The first-order valence-corrected chi connectivity index (χ1v) is 5.66. The molecule has 0 aliphatic carbocycles. The van der Waals surface area contributed by atoms with Crippen LogP contribution in [0.15, 0.2) is 18.2 Å². The van der Waals surface area contributed by atoms with Crippen molar-refractivity contribution in [3.63, 3.8) is 0 Å². The van der Waals surface area contributed by atoms with Crippen molar-refractivity contribution < 1.29 is 14.7 Å². The maximum Gasteiger partial charge on any atom is 0.326 e. The molecule has 1 amide bonds. The number of amides is 1. The Hall–Kier alpha value is -1.84. The highest BCUT2D eigenvalue weighted by molar-refractivity contribution is 5.99. The first-order chi connectivity index (χ1) is 8.04. The van der Waals surface area contributed by atoms with E-state index >= 15 is 0 Å². The number of carbonyl (C=O) groups excluding carboxylic acids is 1. The van der Waals surface area contributed by atoms with Crippen LogP contribution in [-0.2, 0) is 17.6 Å². The number of aliphatic carboxylic acids is 1. The lowest BCUT2D eigenvalue weighted by atomic mass is 9.92. The molecule has 1 aromatic rings. The molecule has 17 heavy (non-hydrogen) atoms. The monoisotopic (exact) mass is 233 g/mol. The van der Waals surface area contributed by atoms with Crippen molar-refractivity contribution in [2.24, 2.45) is 0 Å². The highest BCUT2D eigenvalue weighted by Gasteiger charge is 2.34. The van der Waals surface area contributed by atoms with Gasteiger partial charge in [-0.25, -0.2) is 4.79 Å². The molecule has 2 rings (SSSR count). The van der Waals surface area contributed by atoms with E-state index in [1.807, 2.05) is 25.1 Å². The molecule has 0 fully saturated rings. The zero-order valence-electron chi connectivity index (χ0n) is 9.93. The molecule has 1 heterocycles. The summed E-state index contributed by atoms with van der Waals surface area (Å²) in [6, 6.07) is 4.94. The number of carbonyl (C=O) groups is 2. The fourth-order valence-electron chi connectivity index (χ4n) is 2.15. The summed E-state index contributed by atoms with van der Waals surface area (Å²) in [6.07, 6.45) is 1.25. The molecule has 1 unspecified atom stereocenters. The molecule has 1 N–H and O–H groups in total. The maximum absolute atomic E-state index is 12.1. The minimum atomic E-state index is -0.953. The number of aryl methyl sites for hydroxylation is 1. The lowest BCUT2D eigenvalue weighted by Crippen LogP contribution is -2.47. The SMILES string of the molecule is CCc1ccc2c(c1)C(=O)N(C)C(C(=O)O)C2. The van der Waals surface area contributed by atoms with Crippen molar-refractivity contribution in [3.8, 4) is 0 Å². The molecule has 1 atom stereocenters. The van der Waals surface area contributed by atoms with Gasteiger partial charge >= 0.3 is 5.97 Å².